The first kappa shape index (κ1) is 12.2. The first-order valence-corrected chi connectivity index (χ1v) is 6.69. The second-order valence-corrected chi connectivity index (χ2v) is 5.37. The average Bonchev–Trinajstić information content (AvgIpc) is 3.03. The fraction of sp³-hybridized carbons (Fsp3) is 0.917. The Morgan fingerprint density at radius 2 is 2.25 bits per heavy atom. The summed E-state index contributed by atoms with van der Waals surface area (Å²) < 4.78 is 5.51. The summed E-state index contributed by atoms with van der Waals surface area (Å²) in [7, 11) is 0. The zero-order valence-electron chi connectivity index (χ0n) is 9.75. The van der Waals surface area contributed by atoms with Crippen LogP contribution < -0.4 is 5.32 Å². The Labute approximate surface area is 102 Å². The van der Waals surface area contributed by atoms with Crippen molar-refractivity contribution in [3.63, 3.8) is 0 Å². The van der Waals surface area contributed by atoms with Crippen molar-refractivity contribution >= 4 is 17.5 Å². The van der Waals surface area contributed by atoms with Crippen LogP contribution in [-0.4, -0.2) is 30.5 Å². The van der Waals surface area contributed by atoms with E-state index in [0.717, 1.165) is 12.8 Å². The quantitative estimate of drug-likeness (QED) is 0.752. The number of ether oxygens (including phenoxy) is 1. The maximum absolute atomic E-state index is 11.9. The fourth-order valence-corrected chi connectivity index (χ4v) is 2.63. The first-order chi connectivity index (χ1) is 7.72. The smallest absolute Gasteiger partial charge is 0.225 e. The standard InChI is InChI=1S/C12H20ClNO2/c1-2-11-9(5-6-16-11)12(15)14-7-10(13)8-3-4-8/h8-11H,2-7H2,1H3,(H,14,15). The van der Waals surface area contributed by atoms with Gasteiger partial charge in [-0.25, -0.2) is 0 Å². The van der Waals surface area contributed by atoms with Crippen LogP contribution in [-0.2, 0) is 9.53 Å². The molecule has 16 heavy (non-hydrogen) atoms. The Bertz CT molecular complexity index is 255. The minimum Gasteiger partial charge on any atom is -0.377 e. The lowest BCUT2D eigenvalue weighted by atomic mass is 9.98. The number of hydrogen-bond acceptors (Lipinski definition) is 2. The molecule has 92 valence electrons. The van der Waals surface area contributed by atoms with E-state index in [9.17, 15) is 4.79 Å². The summed E-state index contributed by atoms with van der Waals surface area (Å²) in [5.74, 6) is 0.785. The second-order valence-electron chi connectivity index (χ2n) is 4.81. The van der Waals surface area contributed by atoms with Crippen LogP contribution in [0.25, 0.3) is 0 Å². The molecule has 1 saturated heterocycles. The SMILES string of the molecule is CCC1OCCC1C(=O)NCC(Cl)C1CC1. The maximum atomic E-state index is 11.9. The van der Waals surface area contributed by atoms with Gasteiger partial charge >= 0.3 is 0 Å². The third-order valence-electron chi connectivity index (χ3n) is 3.55. The number of carbonyl (C=O) groups excluding carboxylic acids is 1. The molecule has 1 heterocycles. The number of amides is 1. The van der Waals surface area contributed by atoms with Gasteiger partial charge in [0.15, 0.2) is 0 Å². The van der Waals surface area contributed by atoms with E-state index in [1.165, 1.54) is 12.8 Å². The van der Waals surface area contributed by atoms with Crippen LogP contribution in [0.5, 0.6) is 0 Å². The number of hydrogen-bond donors (Lipinski definition) is 1. The largest absolute Gasteiger partial charge is 0.377 e. The van der Waals surface area contributed by atoms with Gasteiger partial charge in [-0.15, -0.1) is 11.6 Å². The highest BCUT2D eigenvalue weighted by Crippen LogP contribution is 2.35. The van der Waals surface area contributed by atoms with Crippen LogP contribution in [0.4, 0.5) is 0 Å². The van der Waals surface area contributed by atoms with Crippen LogP contribution >= 0.6 is 11.6 Å². The molecule has 0 aromatic rings. The van der Waals surface area contributed by atoms with Gasteiger partial charge < -0.3 is 10.1 Å². The van der Waals surface area contributed by atoms with Crippen molar-refractivity contribution in [2.45, 2.75) is 44.1 Å². The van der Waals surface area contributed by atoms with Crippen LogP contribution in [0.3, 0.4) is 0 Å². The molecule has 1 saturated carbocycles. The predicted octanol–water partition coefficient (Wildman–Crippen LogP) is 1.94. The monoisotopic (exact) mass is 245 g/mol. The normalized spacial score (nSPS) is 31.4. The second kappa shape index (κ2) is 5.37. The maximum Gasteiger partial charge on any atom is 0.225 e. The molecule has 1 N–H and O–H groups in total. The lowest BCUT2D eigenvalue weighted by Crippen LogP contribution is -2.38. The van der Waals surface area contributed by atoms with Crippen molar-refractivity contribution in [2.24, 2.45) is 11.8 Å². The van der Waals surface area contributed by atoms with Gasteiger partial charge in [0, 0.05) is 13.2 Å². The molecule has 2 fully saturated rings. The van der Waals surface area contributed by atoms with Crippen LogP contribution in [0.2, 0.25) is 0 Å². The predicted molar refractivity (Wildman–Crippen MR) is 63.5 cm³/mol. The molecule has 1 amide bonds. The Morgan fingerprint density at radius 1 is 1.50 bits per heavy atom. The van der Waals surface area contributed by atoms with E-state index >= 15 is 0 Å². The number of rotatable bonds is 5. The summed E-state index contributed by atoms with van der Waals surface area (Å²) in [5.41, 5.74) is 0. The van der Waals surface area contributed by atoms with E-state index in [2.05, 4.69) is 12.2 Å². The van der Waals surface area contributed by atoms with E-state index in [-0.39, 0.29) is 23.3 Å². The van der Waals surface area contributed by atoms with Crippen LogP contribution in [0.1, 0.15) is 32.6 Å². The van der Waals surface area contributed by atoms with E-state index < -0.39 is 0 Å². The molecular formula is C12H20ClNO2. The molecule has 3 unspecified atom stereocenters. The Hall–Kier alpha value is -0.280. The summed E-state index contributed by atoms with van der Waals surface area (Å²) >= 11 is 6.15. The van der Waals surface area contributed by atoms with E-state index in [4.69, 9.17) is 16.3 Å². The number of nitrogens with one attached hydrogen (secondary N) is 1. The highest BCUT2D eigenvalue weighted by molar-refractivity contribution is 6.21. The molecule has 2 aliphatic rings. The summed E-state index contributed by atoms with van der Waals surface area (Å²) in [6.07, 6.45) is 4.29. The van der Waals surface area contributed by atoms with Crippen molar-refractivity contribution in [1.82, 2.24) is 5.32 Å². The zero-order valence-corrected chi connectivity index (χ0v) is 10.5. The van der Waals surface area contributed by atoms with Gasteiger partial charge in [0.1, 0.15) is 0 Å². The zero-order chi connectivity index (χ0) is 11.5. The summed E-state index contributed by atoms with van der Waals surface area (Å²) in [6.45, 7) is 3.38. The van der Waals surface area contributed by atoms with Crippen LogP contribution in [0, 0.1) is 11.8 Å². The van der Waals surface area contributed by atoms with Gasteiger partial charge in [0.05, 0.1) is 17.4 Å². The van der Waals surface area contributed by atoms with Crippen molar-refractivity contribution in [3.8, 4) is 0 Å². The molecule has 0 aromatic carbocycles. The van der Waals surface area contributed by atoms with E-state index in [1.807, 2.05) is 0 Å². The minimum absolute atomic E-state index is 0.0352. The number of alkyl halides is 1. The van der Waals surface area contributed by atoms with Gasteiger partial charge in [0.2, 0.25) is 5.91 Å². The molecule has 3 atom stereocenters. The highest BCUT2D eigenvalue weighted by Gasteiger charge is 2.34. The van der Waals surface area contributed by atoms with Crippen LogP contribution in [0.15, 0.2) is 0 Å². The lowest BCUT2D eigenvalue weighted by molar-refractivity contribution is -0.126. The van der Waals surface area contributed by atoms with Crippen molar-refractivity contribution in [1.29, 1.82) is 0 Å². The topological polar surface area (TPSA) is 38.3 Å². The van der Waals surface area contributed by atoms with Gasteiger partial charge in [-0.05, 0) is 31.6 Å². The van der Waals surface area contributed by atoms with Gasteiger partial charge in [-0.3, -0.25) is 4.79 Å². The lowest BCUT2D eigenvalue weighted by Gasteiger charge is -2.17. The summed E-state index contributed by atoms with van der Waals surface area (Å²) in [6, 6.07) is 0. The molecule has 0 radical (unpaired) electrons. The Kier molecular flexibility index (Phi) is 4.09. The summed E-state index contributed by atoms with van der Waals surface area (Å²) in [5, 5.41) is 3.08. The molecule has 0 bridgehead atoms. The van der Waals surface area contributed by atoms with E-state index in [1.54, 1.807) is 0 Å². The molecule has 3 nitrogen and oxygen atoms in total. The van der Waals surface area contributed by atoms with Gasteiger partial charge in [0.25, 0.3) is 0 Å². The van der Waals surface area contributed by atoms with Crippen molar-refractivity contribution < 1.29 is 9.53 Å². The highest BCUT2D eigenvalue weighted by atomic mass is 35.5. The molecule has 4 heteroatoms. The molecule has 1 aliphatic carbocycles. The third kappa shape index (κ3) is 2.89. The van der Waals surface area contributed by atoms with Crippen molar-refractivity contribution in [3.05, 3.63) is 0 Å². The summed E-state index contributed by atoms with van der Waals surface area (Å²) in [4.78, 5) is 11.9. The third-order valence-corrected chi connectivity index (χ3v) is 4.06. The van der Waals surface area contributed by atoms with Gasteiger partial charge in [-0.1, -0.05) is 6.92 Å². The molecule has 0 aromatic heterocycles. The molecular weight excluding hydrogens is 226 g/mol. The first-order valence-electron chi connectivity index (χ1n) is 6.25. The number of halogens is 1. The Morgan fingerprint density at radius 3 is 2.88 bits per heavy atom. The molecule has 0 spiro atoms. The fourth-order valence-electron chi connectivity index (χ4n) is 2.30. The minimum atomic E-state index is 0.0352. The number of carbonyl (C=O) groups is 1. The van der Waals surface area contributed by atoms with Crippen molar-refractivity contribution in [2.75, 3.05) is 13.2 Å². The Balaban J connectivity index is 1.73. The van der Waals surface area contributed by atoms with Gasteiger partial charge in [-0.2, -0.15) is 0 Å². The van der Waals surface area contributed by atoms with E-state index in [0.29, 0.717) is 19.1 Å². The molecule has 2 rings (SSSR count). The molecule has 1 aliphatic heterocycles. The average molecular weight is 246 g/mol.